The maximum atomic E-state index is 10.7. The van der Waals surface area contributed by atoms with Crippen molar-refractivity contribution >= 4 is 11.7 Å². The van der Waals surface area contributed by atoms with E-state index in [-0.39, 0.29) is 6.42 Å². The maximum absolute atomic E-state index is 10.7. The number of rotatable bonds is 8. The van der Waals surface area contributed by atoms with Gasteiger partial charge >= 0.3 is 5.97 Å². The normalized spacial score (nSPS) is 10.1. The molecule has 0 amide bonds. The van der Waals surface area contributed by atoms with Crippen molar-refractivity contribution in [2.45, 2.75) is 26.7 Å². The molecule has 0 saturated carbocycles. The average molecular weight is 251 g/mol. The van der Waals surface area contributed by atoms with Crippen molar-refractivity contribution in [1.82, 2.24) is 0 Å². The number of carbonyl (C=O) groups is 1. The highest BCUT2D eigenvalue weighted by Crippen LogP contribution is 2.28. The van der Waals surface area contributed by atoms with Crippen LogP contribution in [-0.2, 0) is 4.79 Å². The fourth-order valence-electron chi connectivity index (χ4n) is 1.73. The van der Waals surface area contributed by atoms with Gasteiger partial charge in [0, 0.05) is 13.1 Å². The van der Waals surface area contributed by atoms with Crippen LogP contribution in [0.5, 0.6) is 5.75 Å². The number of ether oxygens (including phenoxy) is 1. The van der Waals surface area contributed by atoms with Crippen LogP contribution in [0.3, 0.4) is 0 Å². The SMILES string of the molecule is CCCOc1ccccc1N(CC)CCC(=O)O. The van der Waals surface area contributed by atoms with Gasteiger partial charge in [-0.25, -0.2) is 0 Å². The molecule has 100 valence electrons. The number of carboxylic acid groups (broad SMARTS) is 1. The Bertz CT molecular complexity index is 379. The molecule has 4 nitrogen and oxygen atoms in total. The second-order valence-electron chi connectivity index (χ2n) is 4.04. The number of aliphatic carboxylic acids is 1. The van der Waals surface area contributed by atoms with E-state index in [2.05, 4.69) is 6.92 Å². The Morgan fingerprint density at radius 2 is 2.06 bits per heavy atom. The lowest BCUT2D eigenvalue weighted by molar-refractivity contribution is -0.136. The summed E-state index contributed by atoms with van der Waals surface area (Å²) in [5, 5.41) is 8.76. The van der Waals surface area contributed by atoms with Crippen molar-refractivity contribution in [2.75, 3.05) is 24.6 Å². The van der Waals surface area contributed by atoms with E-state index < -0.39 is 5.97 Å². The molecule has 0 atom stereocenters. The van der Waals surface area contributed by atoms with Crippen molar-refractivity contribution in [2.24, 2.45) is 0 Å². The predicted molar refractivity (Wildman–Crippen MR) is 72.4 cm³/mol. The monoisotopic (exact) mass is 251 g/mol. The van der Waals surface area contributed by atoms with E-state index in [0.717, 1.165) is 24.4 Å². The predicted octanol–water partition coefficient (Wildman–Crippen LogP) is 2.78. The molecule has 0 saturated heterocycles. The summed E-state index contributed by atoms with van der Waals surface area (Å²) in [7, 11) is 0. The number of hydrogen-bond donors (Lipinski definition) is 1. The summed E-state index contributed by atoms with van der Waals surface area (Å²) in [6, 6.07) is 7.77. The van der Waals surface area contributed by atoms with Crippen LogP contribution in [0.1, 0.15) is 26.7 Å². The summed E-state index contributed by atoms with van der Waals surface area (Å²) in [5.41, 5.74) is 0.967. The standard InChI is InChI=1S/C14H21NO3/c1-3-11-18-13-8-6-5-7-12(13)15(4-2)10-9-14(16)17/h5-8H,3-4,9-11H2,1-2H3,(H,16,17). The zero-order valence-corrected chi connectivity index (χ0v) is 11.1. The molecule has 0 unspecified atom stereocenters. The lowest BCUT2D eigenvalue weighted by atomic mass is 10.2. The fourth-order valence-corrected chi connectivity index (χ4v) is 1.73. The fraction of sp³-hybridized carbons (Fsp3) is 0.500. The van der Waals surface area contributed by atoms with E-state index in [1.807, 2.05) is 36.1 Å². The number of nitrogens with zero attached hydrogens (tertiary/aromatic N) is 1. The molecular weight excluding hydrogens is 230 g/mol. The van der Waals surface area contributed by atoms with Gasteiger partial charge in [0.05, 0.1) is 18.7 Å². The van der Waals surface area contributed by atoms with Crippen molar-refractivity contribution in [3.63, 3.8) is 0 Å². The summed E-state index contributed by atoms with van der Waals surface area (Å²) >= 11 is 0. The van der Waals surface area contributed by atoms with Gasteiger partial charge in [-0.15, -0.1) is 0 Å². The number of para-hydroxylation sites is 2. The molecule has 0 aliphatic heterocycles. The van der Waals surface area contributed by atoms with Crippen molar-refractivity contribution < 1.29 is 14.6 Å². The van der Waals surface area contributed by atoms with Crippen LogP contribution in [0.2, 0.25) is 0 Å². The Morgan fingerprint density at radius 3 is 2.67 bits per heavy atom. The molecular formula is C14H21NO3. The third-order valence-corrected chi connectivity index (χ3v) is 2.64. The Hall–Kier alpha value is -1.71. The third kappa shape index (κ3) is 4.28. The summed E-state index contributed by atoms with van der Waals surface area (Å²) in [5.74, 6) is 0.0481. The summed E-state index contributed by atoms with van der Waals surface area (Å²) in [6.07, 6.45) is 1.09. The van der Waals surface area contributed by atoms with Gasteiger partial charge in [-0.05, 0) is 25.5 Å². The highest BCUT2D eigenvalue weighted by atomic mass is 16.5. The minimum absolute atomic E-state index is 0.135. The van der Waals surface area contributed by atoms with Gasteiger partial charge in [0.1, 0.15) is 5.75 Å². The summed E-state index contributed by atoms with van der Waals surface area (Å²) in [6.45, 7) is 6.01. The first-order valence-electron chi connectivity index (χ1n) is 6.37. The Balaban J connectivity index is 2.79. The first kappa shape index (κ1) is 14.4. The number of anilines is 1. The molecule has 4 heteroatoms. The van der Waals surface area contributed by atoms with Gasteiger partial charge in [0.25, 0.3) is 0 Å². The Morgan fingerprint density at radius 1 is 1.33 bits per heavy atom. The van der Waals surface area contributed by atoms with Crippen LogP contribution < -0.4 is 9.64 Å². The topological polar surface area (TPSA) is 49.8 Å². The van der Waals surface area contributed by atoms with E-state index in [1.54, 1.807) is 0 Å². The molecule has 18 heavy (non-hydrogen) atoms. The number of carboxylic acids is 1. The molecule has 1 rings (SSSR count). The van der Waals surface area contributed by atoms with Gasteiger partial charge in [-0.2, -0.15) is 0 Å². The highest BCUT2D eigenvalue weighted by Gasteiger charge is 2.11. The first-order valence-corrected chi connectivity index (χ1v) is 6.37. The Kier molecular flexibility index (Phi) is 6.05. The second kappa shape index (κ2) is 7.58. The molecule has 0 heterocycles. The zero-order chi connectivity index (χ0) is 13.4. The van der Waals surface area contributed by atoms with Gasteiger partial charge in [0.15, 0.2) is 0 Å². The largest absolute Gasteiger partial charge is 0.491 e. The van der Waals surface area contributed by atoms with Crippen molar-refractivity contribution in [3.05, 3.63) is 24.3 Å². The molecule has 0 aliphatic rings. The third-order valence-electron chi connectivity index (χ3n) is 2.64. The maximum Gasteiger partial charge on any atom is 0.305 e. The van der Waals surface area contributed by atoms with E-state index in [4.69, 9.17) is 9.84 Å². The van der Waals surface area contributed by atoms with Crippen LogP contribution in [-0.4, -0.2) is 30.8 Å². The quantitative estimate of drug-likeness (QED) is 0.772. The molecule has 0 radical (unpaired) electrons. The molecule has 0 bridgehead atoms. The Labute approximate surface area is 108 Å². The second-order valence-corrected chi connectivity index (χ2v) is 4.04. The lowest BCUT2D eigenvalue weighted by Crippen LogP contribution is -2.26. The van der Waals surface area contributed by atoms with E-state index in [1.165, 1.54) is 0 Å². The van der Waals surface area contributed by atoms with Crippen LogP contribution in [0.4, 0.5) is 5.69 Å². The van der Waals surface area contributed by atoms with Crippen LogP contribution in [0, 0.1) is 0 Å². The summed E-state index contributed by atoms with van der Waals surface area (Å²) < 4.78 is 5.69. The van der Waals surface area contributed by atoms with E-state index in [9.17, 15) is 4.79 Å². The average Bonchev–Trinajstić information content (AvgIpc) is 2.38. The molecule has 1 aromatic carbocycles. The summed E-state index contributed by atoms with van der Waals surface area (Å²) in [4.78, 5) is 12.7. The van der Waals surface area contributed by atoms with E-state index in [0.29, 0.717) is 13.2 Å². The molecule has 0 fully saturated rings. The van der Waals surface area contributed by atoms with Gasteiger partial charge in [0.2, 0.25) is 0 Å². The van der Waals surface area contributed by atoms with Crippen LogP contribution in [0.15, 0.2) is 24.3 Å². The number of benzene rings is 1. The first-order chi connectivity index (χ1) is 8.69. The number of hydrogen-bond acceptors (Lipinski definition) is 3. The van der Waals surface area contributed by atoms with Crippen molar-refractivity contribution in [1.29, 1.82) is 0 Å². The smallest absolute Gasteiger partial charge is 0.305 e. The van der Waals surface area contributed by atoms with E-state index >= 15 is 0 Å². The molecule has 0 aliphatic carbocycles. The van der Waals surface area contributed by atoms with Crippen LogP contribution in [0.25, 0.3) is 0 Å². The molecule has 0 spiro atoms. The van der Waals surface area contributed by atoms with Crippen LogP contribution >= 0.6 is 0 Å². The van der Waals surface area contributed by atoms with Gasteiger partial charge in [-0.1, -0.05) is 19.1 Å². The zero-order valence-electron chi connectivity index (χ0n) is 11.1. The lowest BCUT2D eigenvalue weighted by Gasteiger charge is -2.24. The van der Waals surface area contributed by atoms with Gasteiger partial charge in [-0.3, -0.25) is 4.79 Å². The highest BCUT2D eigenvalue weighted by molar-refractivity contribution is 5.68. The minimum Gasteiger partial charge on any atom is -0.491 e. The minimum atomic E-state index is -0.777. The molecule has 1 aromatic rings. The van der Waals surface area contributed by atoms with Crippen molar-refractivity contribution in [3.8, 4) is 5.75 Å². The molecule has 1 N–H and O–H groups in total. The van der Waals surface area contributed by atoms with Gasteiger partial charge < -0.3 is 14.7 Å². The molecule has 0 aromatic heterocycles.